The summed E-state index contributed by atoms with van der Waals surface area (Å²) in [5, 5.41) is 17.3. The molecule has 2 N–H and O–H groups in total. The lowest BCUT2D eigenvalue weighted by molar-refractivity contribution is 0.448. The highest BCUT2D eigenvalue weighted by atomic mass is 16.3. The molecule has 0 atom stereocenters. The summed E-state index contributed by atoms with van der Waals surface area (Å²) in [5.41, 5.74) is 5.32. The van der Waals surface area contributed by atoms with Gasteiger partial charge < -0.3 is 10.5 Å². The highest BCUT2D eigenvalue weighted by molar-refractivity contribution is 5.63. The van der Waals surface area contributed by atoms with E-state index in [0.717, 1.165) is 16.8 Å². The van der Waals surface area contributed by atoms with Crippen LogP contribution in [-0.2, 0) is 7.05 Å². The zero-order chi connectivity index (χ0) is 15.2. The fourth-order valence-electron chi connectivity index (χ4n) is 1.84. The SMILES string of the molecule is C/C=N\NC.Cn1cc(-c2ccc3ncc(O)n3c2)cn1. The lowest BCUT2D eigenvalue weighted by atomic mass is 10.2. The van der Waals surface area contributed by atoms with Gasteiger partial charge in [-0.25, -0.2) is 4.98 Å². The molecule has 21 heavy (non-hydrogen) atoms. The van der Waals surface area contributed by atoms with Gasteiger partial charge in [-0.05, 0) is 19.1 Å². The van der Waals surface area contributed by atoms with E-state index in [2.05, 4.69) is 20.6 Å². The number of aryl methyl sites for hydroxylation is 1. The van der Waals surface area contributed by atoms with Gasteiger partial charge in [-0.2, -0.15) is 10.2 Å². The van der Waals surface area contributed by atoms with Gasteiger partial charge in [-0.15, -0.1) is 0 Å². The van der Waals surface area contributed by atoms with E-state index in [1.54, 1.807) is 28.5 Å². The predicted octanol–water partition coefficient (Wildman–Crippen LogP) is 1.65. The first-order valence-electron chi connectivity index (χ1n) is 6.45. The van der Waals surface area contributed by atoms with Gasteiger partial charge in [0.25, 0.3) is 0 Å². The smallest absolute Gasteiger partial charge is 0.215 e. The van der Waals surface area contributed by atoms with E-state index in [9.17, 15) is 5.11 Å². The molecule has 3 aromatic heterocycles. The van der Waals surface area contributed by atoms with E-state index < -0.39 is 0 Å². The van der Waals surface area contributed by atoms with Crippen molar-refractivity contribution in [3.8, 4) is 17.0 Å². The quantitative estimate of drug-likeness (QED) is 0.554. The molecule has 0 unspecified atom stereocenters. The van der Waals surface area contributed by atoms with Crippen LogP contribution in [0.4, 0.5) is 0 Å². The predicted molar refractivity (Wildman–Crippen MR) is 82.3 cm³/mol. The van der Waals surface area contributed by atoms with Crippen LogP contribution in [-0.4, -0.2) is 37.5 Å². The summed E-state index contributed by atoms with van der Waals surface area (Å²) in [6.07, 6.45) is 8.68. The number of hydrogen-bond acceptors (Lipinski definition) is 5. The normalized spacial score (nSPS) is 10.6. The van der Waals surface area contributed by atoms with Crippen LogP contribution in [0.15, 0.2) is 42.0 Å². The number of nitrogens with one attached hydrogen (secondary N) is 1. The van der Waals surface area contributed by atoms with Gasteiger partial charge in [-0.1, -0.05) is 0 Å². The third-order valence-corrected chi connectivity index (χ3v) is 2.78. The number of rotatable bonds is 2. The topological polar surface area (TPSA) is 79.7 Å². The molecule has 0 aliphatic carbocycles. The van der Waals surface area contributed by atoms with Gasteiger partial charge in [0.1, 0.15) is 5.65 Å². The number of fused-ring (bicyclic) bond motifs is 1. The molecule has 0 spiro atoms. The van der Waals surface area contributed by atoms with Crippen molar-refractivity contribution in [3.63, 3.8) is 0 Å². The van der Waals surface area contributed by atoms with E-state index in [1.807, 2.05) is 38.5 Å². The largest absolute Gasteiger partial charge is 0.493 e. The minimum atomic E-state index is 0.140. The minimum absolute atomic E-state index is 0.140. The Morgan fingerprint density at radius 3 is 2.62 bits per heavy atom. The summed E-state index contributed by atoms with van der Waals surface area (Å²) in [7, 11) is 3.64. The van der Waals surface area contributed by atoms with Crippen molar-refractivity contribution in [2.24, 2.45) is 12.1 Å². The Morgan fingerprint density at radius 2 is 2.05 bits per heavy atom. The number of aromatic hydroxyl groups is 1. The first-order valence-corrected chi connectivity index (χ1v) is 6.45. The minimum Gasteiger partial charge on any atom is -0.493 e. The summed E-state index contributed by atoms with van der Waals surface area (Å²) in [6, 6.07) is 3.82. The van der Waals surface area contributed by atoms with Gasteiger partial charge in [0, 0.05) is 43.8 Å². The van der Waals surface area contributed by atoms with E-state index in [0.29, 0.717) is 0 Å². The van der Waals surface area contributed by atoms with Crippen molar-refractivity contribution >= 4 is 11.9 Å². The highest BCUT2D eigenvalue weighted by Gasteiger charge is 2.04. The first kappa shape index (κ1) is 14.6. The fourth-order valence-corrected chi connectivity index (χ4v) is 1.84. The van der Waals surface area contributed by atoms with E-state index in [4.69, 9.17) is 0 Å². The maximum absolute atomic E-state index is 9.57. The second kappa shape index (κ2) is 6.56. The summed E-state index contributed by atoms with van der Waals surface area (Å²) in [5.74, 6) is 0.140. The summed E-state index contributed by atoms with van der Waals surface area (Å²) < 4.78 is 3.38. The van der Waals surface area contributed by atoms with Crippen molar-refractivity contribution in [1.82, 2.24) is 24.6 Å². The Labute approximate surface area is 122 Å². The lowest BCUT2D eigenvalue weighted by Crippen LogP contribution is -1.90. The molecule has 0 saturated heterocycles. The van der Waals surface area contributed by atoms with Gasteiger partial charge in [0.2, 0.25) is 5.88 Å². The Bertz CT molecular complexity index is 743. The average Bonchev–Trinajstić information content (AvgIpc) is 3.07. The molecular formula is C14H18N6O. The van der Waals surface area contributed by atoms with Gasteiger partial charge in [0.15, 0.2) is 0 Å². The third kappa shape index (κ3) is 3.38. The monoisotopic (exact) mass is 286 g/mol. The third-order valence-electron chi connectivity index (χ3n) is 2.78. The molecule has 0 radical (unpaired) electrons. The Kier molecular flexibility index (Phi) is 4.55. The van der Waals surface area contributed by atoms with Gasteiger partial charge in [-0.3, -0.25) is 9.08 Å². The second-order valence-electron chi connectivity index (χ2n) is 4.28. The van der Waals surface area contributed by atoms with E-state index in [-0.39, 0.29) is 5.88 Å². The number of hydrogen-bond donors (Lipinski definition) is 2. The molecule has 0 fully saturated rings. The van der Waals surface area contributed by atoms with Gasteiger partial charge in [0.05, 0.1) is 12.4 Å². The molecule has 0 aliphatic rings. The van der Waals surface area contributed by atoms with Crippen LogP contribution in [0, 0.1) is 0 Å². The summed E-state index contributed by atoms with van der Waals surface area (Å²) >= 11 is 0. The van der Waals surface area contributed by atoms with Crippen molar-refractivity contribution in [3.05, 3.63) is 36.9 Å². The zero-order valence-electron chi connectivity index (χ0n) is 12.2. The number of imidazole rings is 1. The fraction of sp³-hybridized carbons (Fsp3) is 0.214. The highest BCUT2D eigenvalue weighted by Crippen LogP contribution is 2.21. The molecule has 0 bridgehead atoms. The maximum Gasteiger partial charge on any atom is 0.215 e. The van der Waals surface area contributed by atoms with Crippen LogP contribution < -0.4 is 5.43 Å². The molecule has 3 heterocycles. The van der Waals surface area contributed by atoms with Crippen LogP contribution >= 0.6 is 0 Å². The molecule has 7 nitrogen and oxygen atoms in total. The molecule has 0 aliphatic heterocycles. The van der Waals surface area contributed by atoms with Crippen LogP contribution in [0.2, 0.25) is 0 Å². The van der Waals surface area contributed by atoms with E-state index in [1.165, 1.54) is 6.20 Å². The molecule has 0 saturated carbocycles. The summed E-state index contributed by atoms with van der Waals surface area (Å²) in [4.78, 5) is 4.05. The van der Waals surface area contributed by atoms with Gasteiger partial charge >= 0.3 is 0 Å². The van der Waals surface area contributed by atoms with Crippen LogP contribution in [0.1, 0.15) is 6.92 Å². The molecular weight excluding hydrogens is 268 g/mol. The molecule has 3 aromatic rings. The Morgan fingerprint density at radius 1 is 1.24 bits per heavy atom. The van der Waals surface area contributed by atoms with Crippen molar-refractivity contribution < 1.29 is 5.11 Å². The molecule has 0 aromatic carbocycles. The van der Waals surface area contributed by atoms with Crippen molar-refractivity contribution in [2.75, 3.05) is 7.05 Å². The number of pyridine rings is 1. The van der Waals surface area contributed by atoms with Crippen LogP contribution in [0.25, 0.3) is 16.8 Å². The van der Waals surface area contributed by atoms with Crippen molar-refractivity contribution in [1.29, 1.82) is 0 Å². The van der Waals surface area contributed by atoms with Crippen molar-refractivity contribution in [2.45, 2.75) is 6.92 Å². The zero-order valence-corrected chi connectivity index (χ0v) is 12.2. The number of aromatic nitrogens is 4. The number of hydrazone groups is 1. The average molecular weight is 286 g/mol. The standard InChI is InChI=1S/C11H10N4O.C3H8N2/c1-14-6-9(4-13-14)8-2-3-10-12-5-11(16)15(10)7-8;1-3-5-4-2/h2-7,16H,1H3;3-4H,1-2H3/b;5-3-. The lowest BCUT2D eigenvalue weighted by Gasteiger charge is -1.99. The molecule has 3 rings (SSSR count). The maximum atomic E-state index is 9.57. The molecule has 110 valence electrons. The molecule has 7 heteroatoms. The first-order chi connectivity index (χ1) is 10.2. The molecule has 0 amide bonds. The summed E-state index contributed by atoms with van der Waals surface area (Å²) in [6.45, 7) is 1.86. The Balaban J connectivity index is 0.000000282. The number of nitrogens with zero attached hydrogens (tertiary/aromatic N) is 5. The Hall–Kier alpha value is -2.83. The van der Waals surface area contributed by atoms with E-state index >= 15 is 0 Å². The van der Waals surface area contributed by atoms with Crippen LogP contribution in [0.3, 0.4) is 0 Å². The van der Waals surface area contributed by atoms with Crippen LogP contribution in [0.5, 0.6) is 5.88 Å². The second-order valence-corrected chi connectivity index (χ2v) is 4.28.